The first-order valence-electron chi connectivity index (χ1n) is 25.8. The van der Waals surface area contributed by atoms with Crippen LogP contribution >= 0.6 is 0 Å². The zero-order valence-electron chi connectivity index (χ0n) is 41.5. The van der Waals surface area contributed by atoms with Gasteiger partial charge >= 0.3 is 17.9 Å². The third kappa shape index (κ3) is 47.0. The Kier molecular flexibility index (Phi) is 43.8. The van der Waals surface area contributed by atoms with Gasteiger partial charge in [0.25, 0.3) is 6.29 Å². The number of hydrogen-bond acceptors (Lipinski definition) is 7. The second-order valence-electron chi connectivity index (χ2n) is 18.5. The van der Waals surface area contributed by atoms with Crippen molar-refractivity contribution >= 4 is 17.9 Å². The van der Waals surface area contributed by atoms with E-state index < -0.39 is 24.3 Å². The van der Waals surface area contributed by atoms with Crippen molar-refractivity contribution in [3.05, 3.63) is 48.6 Å². The van der Waals surface area contributed by atoms with Gasteiger partial charge in [-0.2, -0.15) is 0 Å². The van der Waals surface area contributed by atoms with E-state index >= 15 is 0 Å². The topological polar surface area (TPSA) is 108 Å². The number of hydrogen-bond donors (Lipinski definition) is 1. The summed E-state index contributed by atoms with van der Waals surface area (Å²) in [5.74, 6) is -2.11. The lowest BCUT2D eigenvalue weighted by Gasteiger charge is -2.25. The normalized spacial score (nSPS) is 13.2. The number of carbonyl (C=O) groups excluding carboxylic acids is 2. The summed E-state index contributed by atoms with van der Waals surface area (Å²) in [4.78, 5) is 37.2. The molecule has 0 rings (SSSR count). The fraction of sp³-hybridized carbons (Fsp3) is 0.796. The summed E-state index contributed by atoms with van der Waals surface area (Å²) in [5.41, 5.74) is 0. The Morgan fingerprint density at radius 2 is 0.905 bits per heavy atom. The molecule has 0 saturated heterocycles. The van der Waals surface area contributed by atoms with Gasteiger partial charge in [0.05, 0.1) is 34.4 Å². The van der Waals surface area contributed by atoms with Gasteiger partial charge in [0.2, 0.25) is 0 Å². The molecule has 0 radical (unpaired) electrons. The van der Waals surface area contributed by atoms with Crippen molar-refractivity contribution in [2.45, 2.75) is 232 Å². The fourth-order valence-electron chi connectivity index (χ4n) is 7.15. The lowest BCUT2D eigenvalue weighted by Crippen LogP contribution is -2.40. The van der Waals surface area contributed by atoms with E-state index in [1.807, 2.05) is 33.3 Å². The molecule has 0 spiro atoms. The number of allylic oxidation sites excluding steroid dienone is 8. The maximum Gasteiger partial charge on any atom is 0.361 e. The largest absolute Gasteiger partial charge is 0.477 e. The molecule has 0 aromatic rings. The van der Waals surface area contributed by atoms with Crippen molar-refractivity contribution in [3.63, 3.8) is 0 Å². The lowest BCUT2D eigenvalue weighted by molar-refractivity contribution is -0.870. The molecule has 2 atom stereocenters. The second kappa shape index (κ2) is 45.8. The summed E-state index contributed by atoms with van der Waals surface area (Å²) >= 11 is 0. The SMILES string of the molecule is CC/C=C\C/C=C\C/C=C\C/C=C\CCC(=O)OC(COC(=O)CCCCCCCCCCCCCCCCCCCCCCCCCCC)COC(OCC[N+](C)(C)C)C(=O)O. The molecule has 0 aliphatic heterocycles. The van der Waals surface area contributed by atoms with Crippen LogP contribution in [0.4, 0.5) is 0 Å². The van der Waals surface area contributed by atoms with Crippen LogP contribution in [0.15, 0.2) is 48.6 Å². The second-order valence-corrected chi connectivity index (χ2v) is 18.5. The van der Waals surface area contributed by atoms with Crippen LogP contribution in [0.25, 0.3) is 0 Å². The summed E-state index contributed by atoms with van der Waals surface area (Å²) in [6.45, 7) is 4.69. The van der Waals surface area contributed by atoms with Gasteiger partial charge in [-0.05, 0) is 38.5 Å². The van der Waals surface area contributed by atoms with Crippen LogP contribution in [0.1, 0.15) is 219 Å². The summed E-state index contributed by atoms with van der Waals surface area (Å²) in [5, 5.41) is 9.65. The number of carbonyl (C=O) groups is 3. The minimum atomic E-state index is -1.53. The van der Waals surface area contributed by atoms with Crippen LogP contribution < -0.4 is 0 Å². The van der Waals surface area contributed by atoms with E-state index in [1.165, 1.54) is 141 Å². The van der Waals surface area contributed by atoms with E-state index in [-0.39, 0.29) is 32.2 Å². The van der Waals surface area contributed by atoms with Gasteiger partial charge in [-0.15, -0.1) is 0 Å². The molecule has 0 aliphatic carbocycles. The number of nitrogens with zero attached hydrogens (tertiary/aromatic N) is 1. The average Bonchev–Trinajstić information content (AvgIpc) is 3.24. The fourth-order valence-corrected chi connectivity index (χ4v) is 7.15. The maximum absolute atomic E-state index is 12.7. The van der Waals surface area contributed by atoms with Crippen molar-refractivity contribution < 1.29 is 42.9 Å². The van der Waals surface area contributed by atoms with E-state index in [2.05, 4.69) is 50.3 Å². The molecule has 0 saturated carbocycles. The van der Waals surface area contributed by atoms with Gasteiger partial charge in [0, 0.05) is 12.8 Å². The van der Waals surface area contributed by atoms with E-state index in [0.717, 1.165) is 44.9 Å². The van der Waals surface area contributed by atoms with Crippen LogP contribution in [0, 0.1) is 0 Å². The Hall–Kier alpha value is -2.75. The minimum Gasteiger partial charge on any atom is -0.477 e. The summed E-state index contributed by atoms with van der Waals surface area (Å²) in [6, 6.07) is 0. The Morgan fingerprint density at radius 3 is 1.32 bits per heavy atom. The molecule has 9 heteroatoms. The number of quaternary nitrogens is 1. The molecular formula is C54H98NO8+. The number of ether oxygens (including phenoxy) is 4. The quantitative estimate of drug-likeness (QED) is 0.0212. The van der Waals surface area contributed by atoms with Crippen molar-refractivity contribution in [2.75, 3.05) is 47.5 Å². The Morgan fingerprint density at radius 1 is 0.492 bits per heavy atom. The molecule has 2 unspecified atom stereocenters. The molecule has 0 aromatic heterocycles. The van der Waals surface area contributed by atoms with E-state index in [4.69, 9.17) is 18.9 Å². The number of carboxylic acids is 1. The summed E-state index contributed by atoms with van der Waals surface area (Å²) in [6.07, 6.45) is 52.2. The molecule has 63 heavy (non-hydrogen) atoms. The van der Waals surface area contributed by atoms with Crippen LogP contribution in [0.2, 0.25) is 0 Å². The third-order valence-electron chi connectivity index (χ3n) is 11.1. The smallest absolute Gasteiger partial charge is 0.361 e. The maximum atomic E-state index is 12.7. The molecule has 0 bridgehead atoms. The number of carboxylic acid groups (broad SMARTS) is 1. The Bertz CT molecular complexity index is 1170. The third-order valence-corrected chi connectivity index (χ3v) is 11.1. The van der Waals surface area contributed by atoms with Gasteiger partial charge in [0.15, 0.2) is 6.10 Å². The van der Waals surface area contributed by atoms with Gasteiger partial charge in [-0.1, -0.05) is 217 Å². The molecule has 366 valence electrons. The molecule has 0 amide bonds. The van der Waals surface area contributed by atoms with Crippen LogP contribution in [0.5, 0.6) is 0 Å². The lowest BCUT2D eigenvalue weighted by atomic mass is 10.0. The van der Waals surface area contributed by atoms with Crippen LogP contribution in [-0.4, -0.2) is 87.4 Å². The van der Waals surface area contributed by atoms with Gasteiger partial charge in [-0.25, -0.2) is 4.79 Å². The molecule has 9 nitrogen and oxygen atoms in total. The number of aliphatic carboxylic acids is 1. The van der Waals surface area contributed by atoms with Crippen LogP contribution in [-0.2, 0) is 33.3 Å². The van der Waals surface area contributed by atoms with Gasteiger partial charge < -0.3 is 28.5 Å². The highest BCUT2D eigenvalue weighted by Gasteiger charge is 2.25. The highest BCUT2D eigenvalue weighted by molar-refractivity contribution is 5.71. The molecule has 0 aromatic carbocycles. The van der Waals surface area contributed by atoms with Gasteiger partial charge in [0.1, 0.15) is 13.2 Å². The highest BCUT2D eigenvalue weighted by Crippen LogP contribution is 2.16. The van der Waals surface area contributed by atoms with Crippen molar-refractivity contribution in [1.82, 2.24) is 0 Å². The average molecular weight is 889 g/mol. The Labute approximate surface area is 387 Å². The molecule has 1 N–H and O–H groups in total. The predicted octanol–water partition coefficient (Wildman–Crippen LogP) is 14.3. The minimum absolute atomic E-state index is 0.139. The van der Waals surface area contributed by atoms with Crippen molar-refractivity contribution in [2.24, 2.45) is 0 Å². The highest BCUT2D eigenvalue weighted by atomic mass is 16.7. The van der Waals surface area contributed by atoms with Crippen molar-refractivity contribution in [1.29, 1.82) is 0 Å². The summed E-state index contributed by atoms with van der Waals surface area (Å²) < 4.78 is 22.7. The van der Waals surface area contributed by atoms with Crippen LogP contribution in [0.3, 0.4) is 0 Å². The zero-order chi connectivity index (χ0) is 46.3. The number of likely N-dealkylation sites (N-methyl/N-ethyl adjacent to an activating group) is 1. The molecular weight excluding hydrogens is 791 g/mol. The predicted molar refractivity (Wildman–Crippen MR) is 263 cm³/mol. The van der Waals surface area contributed by atoms with E-state index in [0.29, 0.717) is 23.9 Å². The first-order valence-corrected chi connectivity index (χ1v) is 25.8. The zero-order valence-corrected chi connectivity index (χ0v) is 41.5. The number of unbranched alkanes of at least 4 members (excludes halogenated alkanes) is 24. The summed E-state index contributed by atoms with van der Waals surface area (Å²) in [7, 11) is 5.94. The monoisotopic (exact) mass is 889 g/mol. The Balaban J connectivity index is 4.24. The molecule has 0 fully saturated rings. The number of esters is 2. The first-order chi connectivity index (χ1) is 30.6. The van der Waals surface area contributed by atoms with Crippen molar-refractivity contribution in [3.8, 4) is 0 Å². The van der Waals surface area contributed by atoms with E-state index in [1.54, 1.807) is 0 Å². The van der Waals surface area contributed by atoms with E-state index in [9.17, 15) is 19.5 Å². The van der Waals surface area contributed by atoms with Gasteiger partial charge in [-0.3, -0.25) is 9.59 Å². The molecule has 0 heterocycles. The standard InChI is InChI=1S/C54H97NO8/c1-6-8-10-12-14-16-18-20-21-22-23-24-25-26-27-28-29-30-31-33-34-36-38-40-42-44-51(56)61-48-50(49-62-54(53(58)59)60-47-46-55(3,4)5)63-52(57)45-43-41-39-37-35-32-19-17-15-13-11-9-7-2/h9,11,15,17,32,35,39,41,50,54H,6-8,10,12-14,16,18-31,33-34,36-38,40,42-49H2,1-5H3/p+1/b11-9-,17-15-,35-32-,41-39-. The number of rotatable bonds is 47. The molecule has 0 aliphatic rings. The first kappa shape index (κ1) is 60.2.